The summed E-state index contributed by atoms with van der Waals surface area (Å²) in [5, 5.41) is 3.64. The number of benzene rings is 1. The Bertz CT molecular complexity index is 502. The van der Waals surface area contributed by atoms with Gasteiger partial charge in [-0.15, -0.1) is 0 Å². The fourth-order valence-electron chi connectivity index (χ4n) is 2.00. The molecular weight excluding hydrogens is 262 g/mol. The first-order valence-corrected chi connectivity index (χ1v) is 6.19. The molecule has 0 aromatic heterocycles. The van der Waals surface area contributed by atoms with Gasteiger partial charge < -0.3 is 14.2 Å². The second-order valence-electron chi connectivity index (χ2n) is 4.31. The maximum absolute atomic E-state index is 11.8. The predicted octanol–water partition coefficient (Wildman–Crippen LogP) is 2.28. The lowest BCUT2D eigenvalue weighted by molar-refractivity contribution is -0.124. The molecule has 1 aliphatic heterocycles. The first-order chi connectivity index (χ1) is 9.74. The van der Waals surface area contributed by atoms with Gasteiger partial charge in [-0.05, 0) is 17.7 Å². The monoisotopic (exact) mass is 277 g/mol. The molecule has 7 heteroatoms. The minimum atomic E-state index is -0.483. The van der Waals surface area contributed by atoms with Gasteiger partial charge in [-0.2, -0.15) is 0 Å². The number of esters is 1. The summed E-state index contributed by atoms with van der Waals surface area (Å²) in [5.41, 5.74) is 8.98. The zero-order chi connectivity index (χ0) is 14.4. The summed E-state index contributed by atoms with van der Waals surface area (Å²) >= 11 is 0. The van der Waals surface area contributed by atoms with Gasteiger partial charge in [0.25, 0.3) is 0 Å². The quantitative estimate of drug-likeness (QED) is 0.357. The number of azide groups is 1. The molecule has 7 nitrogen and oxygen atoms in total. The lowest BCUT2D eigenvalue weighted by Gasteiger charge is -2.14. The fourth-order valence-corrected chi connectivity index (χ4v) is 2.00. The highest BCUT2D eigenvalue weighted by molar-refractivity contribution is 5.89. The minimum Gasteiger partial charge on any atom is -0.459 e. The van der Waals surface area contributed by atoms with Crippen LogP contribution in [-0.2, 0) is 14.2 Å². The molecule has 1 heterocycles. The van der Waals surface area contributed by atoms with Gasteiger partial charge in [0.2, 0.25) is 0 Å². The summed E-state index contributed by atoms with van der Waals surface area (Å²) < 4.78 is 15.7. The van der Waals surface area contributed by atoms with Gasteiger partial charge in [-0.3, -0.25) is 0 Å². The van der Waals surface area contributed by atoms with Gasteiger partial charge in [0, 0.05) is 18.4 Å². The van der Waals surface area contributed by atoms with Crippen LogP contribution in [0.5, 0.6) is 0 Å². The minimum absolute atomic E-state index is 0.0251. The van der Waals surface area contributed by atoms with Gasteiger partial charge in [0.05, 0.1) is 11.6 Å². The number of hydrogen-bond acceptors (Lipinski definition) is 5. The normalized spacial score (nSPS) is 24.9. The van der Waals surface area contributed by atoms with Crippen LogP contribution in [0.25, 0.3) is 10.4 Å². The molecule has 1 aromatic carbocycles. The molecule has 3 atom stereocenters. The third-order valence-electron chi connectivity index (χ3n) is 3.04. The Labute approximate surface area is 116 Å². The summed E-state index contributed by atoms with van der Waals surface area (Å²) in [6, 6.07) is 8.27. The standard InChI is InChI=1S/C13H15N3O4/c1-18-12-7-10(15-16-14)11(20-12)8-19-13(17)9-5-3-2-4-6-9/h2-6,10-12H,7-8H2,1H3/t10-,11+,12?/m0/s1. The van der Waals surface area contributed by atoms with Crippen LogP contribution in [0.3, 0.4) is 0 Å². The van der Waals surface area contributed by atoms with E-state index in [2.05, 4.69) is 10.0 Å². The molecule has 1 aliphatic rings. The van der Waals surface area contributed by atoms with E-state index in [-0.39, 0.29) is 6.61 Å². The van der Waals surface area contributed by atoms with Crippen LogP contribution in [-0.4, -0.2) is 38.1 Å². The van der Waals surface area contributed by atoms with Crippen molar-refractivity contribution in [2.24, 2.45) is 5.11 Å². The highest BCUT2D eigenvalue weighted by Gasteiger charge is 2.35. The van der Waals surface area contributed by atoms with Crippen molar-refractivity contribution in [2.45, 2.75) is 24.9 Å². The lowest BCUT2D eigenvalue weighted by atomic mass is 10.1. The predicted molar refractivity (Wildman–Crippen MR) is 69.9 cm³/mol. The maximum atomic E-state index is 11.8. The molecule has 106 valence electrons. The number of carbonyl (C=O) groups excluding carboxylic acids is 1. The summed E-state index contributed by atoms with van der Waals surface area (Å²) in [5.74, 6) is -0.435. The molecule has 0 amide bonds. The molecule has 0 saturated carbocycles. The number of rotatable bonds is 5. The van der Waals surface area contributed by atoms with Crippen molar-refractivity contribution < 1.29 is 19.0 Å². The number of carbonyl (C=O) groups is 1. The van der Waals surface area contributed by atoms with Crippen molar-refractivity contribution >= 4 is 5.97 Å². The van der Waals surface area contributed by atoms with Crippen LogP contribution < -0.4 is 0 Å². The van der Waals surface area contributed by atoms with E-state index in [1.54, 1.807) is 24.3 Å². The zero-order valence-corrected chi connectivity index (χ0v) is 11.0. The van der Waals surface area contributed by atoms with Gasteiger partial charge in [-0.1, -0.05) is 23.3 Å². The largest absolute Gasteiger partial charge is 0.459 e. The van der Waals surface area contributed by atoms with E-state index < -0.39 is 24.4 Å². The highest BCUT2D eigenvalue weighted by atomic mass is 16.7. The van der Waals surface area contributed by atoms with Crippen molar-refractivity contribution in [3.63, 3.8) is 0 Å². The first-order valence-electron chi connectivity index (χ1n) is 6.19. The van der Waals surface area contributed by atoms with Crippen LogP contribution >= 0.6 is 0 Å². The van der Waals surface area contributed by atoms with E-state index in [9.17, 15) is 4.79 Å². The molecule has 1 fully saturated rings. The van der Waals surface area contributed by atoms with Gasteiger partial charge in [0.1, 0.15) is 12.7 Å². The summed E-state index contributed by atoms with van der Waals surface area (Å²) in [7, 11) is 1.51. The van der Waals surface area contributed by atoms with Gasteiger partial charge >= 0.3 is 5.97 Å². The summed E-state index contributed by atoms with van der Waals surface area (Å²) in [4.78, 5) is 14.6. The van der Waals surface area contributed by atoms with Crippen molar-refractivity contribution in [3.05, 3.63) is 46.3 Å². The van der Waals surface area contributed by atoms with Crippen molar-refractivity contribution in [1.29, 1.82) is 0 Å². The summed E-state index contributed by atoms with van der Waals surface area (Å²) in [6.45, 7) is 0.0251. The van der Waals surface area contributed by atoms with E-state index in [4.69, 9.17) is 19.7 Å². The molecular formula is C13H15N3O4. The van der Waals surface area contributed by atoms with Crippen molar-refractivity contribution in [3.8, 4) is 0 Å². The van der Waals surface area contributed by atoms with E-state index in [0.717, 1.165) is 0 Å². The average Bonchev–Trinajstić information content (AvgIpc) is 2.88. The molecule has 1 unspecified atom stereocenters. The smallest absolute Gasteiger partial charge is 0.338 e. The lowest BCUT2D eigenvalue weighted by Crippen LogP contribution is -2.27. The second kappa shape index (κ2) is 6.91. The Hall–Kier alpha value is -2.08. The van der Waals surface area contributed by atoms with E-state index in [1.165, 1.54) is 7.11 Å². The molecule has 0 bridgehead atoms. The summed E-state index contributed by atoms with van der Waals surface area (Å²) in [6.07, 6.45) is -0.469. The molecule has 0 spiro atoms. The fraction of sp³-hybridized carbons (Fsp3) is 0.462. The molecule has 20 heavy (non-hydrogen) atoms. The zero-order valence-electron chi connectivity index (χ0n) is 11.0. The van der Waals surface area contributed by atoms with Crippen molar-refractivity contribution in [2.75, 3.05) is 13.7 Å². The Kier molecular flexibility index (Phi) is 4.95. The number of nitrogens with zero attached hydrogens (tertiary/aromatic N) is 3. The Morgan fingerprint density at radius 2 is 2.25 bits per heavy atom. The van der Waals surface area contributed by atoms with Crippen LogP contribution in [0.2, 0.25) is 0 Å². The average molecular weight is 277 g/mol. The van der Waals surface area contributed by atoms with Crippen LogP contribution in [0.1, 0.15) is 16.8 Å². The van der Waals surface area contributed by atoms with E-state index >= 15 is 0 Å². The molecule has 0 aliphatic carbocycles. The number of ether oxygens (including phenoxy) is 3. The first kappa shape index (κ1) is 14.3. The number of hydrogen-bond donors (Lipinski definition) is 0. The molecule has 0 radical (unpaired) electrons. The van der Waals surface area contributed by atoms with Crippen LogP contribution in [0, 0.1) is 0 Å². The third-order valence-corrected chi connectivity index (χ3v) is 3.04. The second-order valence-corrected chi connectivity index (χ2v) is 4.31. The van der Waals surface area contributed by atoms with E-state index in [1.807, 2.05) is 6.07 Å². The third kappa shape index (κ3) is 3.48. The maximum Gasteiger partial charge on any atom is 0.338 e. The topological polar surface area (TPSA) is 93.5 Å². The van der Waals surface area contributed by atoms with Gasteiger partial charge in [-0.25, -0.2) is 4.79 Å². The van der Waals surface area contributed by atoms with Crippen molar-refractivity contribution in [1.82, 2.24) is 0 Å². The van der Waals surface area contributed by atoms with Crippen LogP contribution in [0.15, 0.2) is 35.4 Å². The van der Waals surface area contributed by atoms with Gasteiger partial charge in [0.15, 0.2) is 6.29 Å². The van der Waals surface area contributed by atoms with Crippen LogP contribution in [0.4, 0.5) is 0 Å². The molecule has 1 aromatic rings. The Morgan fingerprint density at radius 3 is 2.90 bits per heavy atom. The SMILES string of the molecule is COC1C[C@H](N=[N+]=[N-])[C@@H](COC(=O)c2ccccc2)O1. The molecule has 1 saturated heterocycles. The molecule has 2 rings (SSSR count). The Morgan fingerprint density at radius 1 is 1.50 bits per heavy atom. The molecule has 0 N–H and O–H groups in total. The highest BCUT2D eigenvalue weighted by Crippen LogP contribution is 2.24. The van der Waals surface area contributed by atoms with E-state index in [0.29, 0.717) is 12.0 Å². The Balaban J connectivity index is 1.92. The number of methoxy groups -OCH3 is 1.